The lowest BCUT2D eigenvalue weighted by molar-refractivity contribution is -0.136. The molecule has 0 heterocycles. The van der Waals surface area contributed by atoms with Gasteiger partial charge in [-0.15, -0.1) is 0 Å². The third-order valence-corrected chi connectivity index (χ3v) is 6.26. The van der Waals surface area contributed by atoms with Crippen molar-refractivity contribution in [2.45, 2.75) is 6.42 Å². The second-order valence-corrected chi connectivity index (χ2v) is 7.82. The highest BCUT2D eigenvalue weighted by atomic mass is 79.9. The summed E-state index contributed by atoms with van der Waals surface area (Å²) in [5.41, 5.74) is 0.583. The fraction of sp³-hybridized carbons (Fsp3) is 0.0500. The zero-order chi connectivity index (χ0) is 21.1. The third kappa shape index (κ3) is 5.20. The maximum Gasteiger partial charge on any atom is 0.307 e. The number of phenols is 1. The van der Waals surface area contributed by atoms with Gasteiger partial charge < -0.3 is 19.7 Å². The number of hydrogen-bond donors (Lipinski definition) is 2. The molecule has 9 heteroatoms. The molecule has 0 aliphatic heterocycles. The standard InChI is InChI=1S/C20H12Br2ClFO5/c21-19-10(7-18(26)27)1-6-16(20(19)22)28-12-3-5-15(25)17(9-12)29-11-2-4-14(24)13(23)8-11/h1-6,8-9,25H,7H2,(H,26,27). The van der Waals surface area contributed by atoms with Crippen LogP contribution in [0.2, 0.25) is 5.02 Å². The monoisotopic (exact) mass is 544 g/mol. The molecule has 0 atom stereocenters. The van der Waals surface area contributed by atoms with Crippen molar-refractivity contribution < 1.29 is 28.9 Å². The largest absolute Gasteiger partial charge is 0.504 e. The fourth-order valence-electron chi connectivity index (χ4n) is 2.38. The van der Waals surface area contributed by atoms with Gasteiger partial charge in [-0.1, -0.05) is 17.7 Å². The first-order valence-corrected chi connectivity index (χ1v) is 10.0. The molecule has 0 bridgehead atoms. The van der Waals surface area contributed by atoms with E-state index in [0.29, 0.717) is 26.0 Å². The molecule has 0 amide bonds. The second-order valence-electron chi connectivity index (χ2n) is 5.83. The molecule has 0 aliphatic carbocycles. The predicted molar refractivity (Wildman–Crippen MR) is 113 cm³/mol. The van der Waals surface area contributed by atoms with Crippen molar-refractivity contribution in [3.8, 4) is 28.7 Å². The molecular formula is C20H12Br2ClFO5. The summed E-state index contributed by atoms with van der Waals surface area (Å²) in [6.45, 7) is 0. The molecule has 5 nitrogen and oxygen atoms in total. The lowest BCUT2D eigenvalue weighted by Gasteiger charge is -2.13. The first-order valence-electron chi connectivity index (χ1n) is 8.07. The molecule has 0 aliphatic rings. The molecule has 0 spiro atoms. The third-order valence-electron chi connectivity index (χ3n) is 3.75. The number of halogens is 4. The van der Waals surface area contributed by atoms with Crippen LogP contribution in [0.25, 0.3) is 0 Å². The number of hydrogen-bond acceptors (Lipinski definition) is 4. The van der Waals surface area contributed by atoms with Gasteiger partial charge in [-0.2, -0.15) is 0 Å². The summed E-state index contributed by atoms with van der Waals surface area (Å²) in [5.74, 6) is -0.574. The molecular weight excluding hydrogens is 534 g/mol. The molecule has 0 saturated carbocycles. The van der Waals surface area contributed by atoms with Crippen LogP contribution in [0, 0.1) is 5.82 Å². The van der Waals surface area contributed by atoms with Crippen LogP contribution in [0.15, 0.2) is 57.5 Å². The van der Waals surface area contributed by atoms with Crippen LogP contribution in [0.3, 0.4) is 0 Å². The van der Waals surface area contributed by atoms with Gasteiger partial charge in [-0.25, -0.2) is 4.39 Å². The number of carbonyl (C=O) groups is 1. The van der Waals surface area contributed by atoms with Crippen LogP contribution < -0.4 is 9.47 Å². The highest BCUT2D eigenvalue weighted by molar-refractivity contribution is 9.13. The topological polar surface area (TPSA) is 76.0 Å². The summed E-state index contributed by atoms with van der Waals surface area (Å²) in [6, 6.07) is 11.5. The Morgan fingerprint density at radius 2 is 1.62 bits per heavy atom. The average Bonchev–Trinajstić information content (AvgIpc) is 2.67. The number of benzene rings is 3. The number of rotatable bonds is 6. The van der Waals surface area contributed by atoms with Crippen molar-refractivity contribution in [1.82, 2.24) is 0 Å². The number of aliphatic carboxylic acids is 1. The van der Waals surface area contributed by atoms with E-state index >= 15 is 0 Å². The Hall–Kier alpha value is -2.29. The normalized spacial score (nSPS) is 10.6. The van der Waals surface area contributed by atoms with Gasteiger partial charge in [0, 0.05) is 16.6 Å². The summed E-state index contributed by atoms with van der Waals surface area (Å²) in [6.07, 6.45) is -0.142. The lowest BCUT2D eigenvalue weighted by Crippen LogP contribution is -2.01. The Morgan fingerprint density at radius 3 is 2.31 bits per heavy atom. The fourth-order valence-corrected chi connectivity index (χ4v) is 3.49. The molecule has 2 N–H and O–H groups in total. The van der Waals surface area contributed by atoms with Crippen LogP contribution in [-0.2, 0) is 11.2 Å². The minimum Gasteiger partial charge on any atom is -0.504 e. The van der Waals surface area contributed by atoms with Crippen LogP contribution in [0.4, 0.5) is 4.39 Å². The van der Waals surface area contributed by atoms with Crippen molar-refractivity contribution in [2.24, 2.45) is 0 Å². The maximum absolute atomic E-state index is 13.3. The molecule has 29 heavy (non-hydrogen) atoms. The van der Waals surface area contributed by atoms with E-state index in [1.807, 2.05) is 0 Å². The molecule has 0 fully saturated rings. The number of ether oxygens (including phenoxy) is 2. The Morgan fingerprint density at radius 1 is 0.966 bits per heavy atom. The minimum atomic E-state index is -0.951. The second kappa shape index (κ2) is 9.02. The first-order chi connectivity index (χ1) is 13.7. The molecule has 0 saturated heterocycles. The lowest BCUT2D eigenvalue weighted by atomic mass is 10.1. The summed E-state index contributed by atoms with van der Waals surface area (Å²) in [7, 11) is 0. The Balaban J connectivity index is 1.85. The Bertz CT molecular complexity index is 1090. The van der Waals surface area contributed by atoms with E-state index in [0.717, 1.165) is 6.07 Å². The highest BCUT2D eigenvalue weighted by Gasteiger charge is 2.15. The van der Waals surface area contributed by atoms with E-state index in [-0.39, 0.29) is 28.7 Å². The maximum atomic E-state index is 13.3. The van der Waals surface area contributed by atoms with Gasteiger partial charge in [0.05, 0.1) is 15.9 Å². The van der Waals surface area contributed by atoms with Crippen LogP contribution in [-0.4, -0.2) is 16.2 Å². The predicted octanol–water partition coefficient (Wildman–Crippen LogP) is 6.92. The summed E-state index contributed by atoms with van der Waals surface area (Å²) < 4.78 is 25.8. The van der Waals surface area contributed by atoms with E-state index in [1.54, 1.807) is 12.1 Å². The molecule has 3 aromatic carbocycles. The zero-order valence-electron chi connectivity index (χ0n) is 14.5. The van der Waals surface area contributed by atoms with E-state index < -0.39 is 11.8 Å². The Labute approximate surface area is 186 Å². The molecule has 3 aromatic rings. The van der Waals surface area contributed by atoms with Gasteiger partial charge in [-0.3, -0.25) is 4.79 Å². The summed E-state index contributed by atoms with van der Waals surface area (Å²) >= 11 is 12.5. The summed E-state index contributed by atoms with van der Waals surface area (Å²) in [4.78, 5) is 10.9. The van der Waals surface area contributed by atoms with Crippen LogP contribution in [0.5, 0.6) is 28.7 Å². The van der Waals surface area contributed by atoms with Crippen LogP contribution in [0.1, 0.15) is 5.56 Å². The van der Waals surface area contributed by atoms with E-state index in [1.165, 1.54) is 30.3 Å². The first kappa shape index (κ1) is 21.4. The van der Waals surface area contributed by atoms with E-state index in [9.17, 15) is 14.3 Å². The average molecular weight is 547 g/mol. The van der Waals surface area contributed by atoms with Crippen molar-refractivity contribution >= 4 is 49.4 Å². The number of carboxylic acid groups (broad SMARTS) is 1. The number of carboxylic acids is 1. The molecule has 3 rings (SSSR count). The van der Waals surface area contributed by atoms with Crippen molar-refractivity contribution in [2.75, 3.05) is 0 Å². The van der Waals surface area contributed by atoms with Gasteiger partial charge in [0.25, 0.3) is 0 Å². The van der Waals surface area contributed by atoms with E-state index in [2.05, 4.69) is 31.9 Å². The van der Waals surface area contributed by atoms with Gasteiger partial charge in [0.15, 0.2) is 11.5 Å². The van der Waals surface area contributed by atoms with Gasteiger partial charge >= 0.3 is 5.97 Å². The molecule has 0 radical (unpaired) electrons. The van der Waals surface area contributed by atoms with Crippen LogP contribution >= 0.6 is 43.5 Å². The van der Waals surface area contributed by atoms with Crippen molar-refractivity contribution in [3.63, 3.8) is 0 Å². The zero-order valence-corrected chi connectivity index (χ0v) is 18.4. The minimum absolute atomic E-state index is 0.0860. The van der Waals surface area contributed by atoms with Crippen molar-refractivity contribution in [1.29, 1.82) is 0 Å². The smallest absolute Gasteiger partial charge is 0.307 e. The summed E-state index contributed by atoms with van der Waals surface area (Å²) in [5, 5.41) is 18.9. The molecule has 0 aromatic heterocycles. The van der Waals surface area contributed by atoms with E-state index in [4.69, 9.17) is 26.2 Å². The van der Waals surface area contributed by atoms with Gasteiger partial charge in [0.2, 0.25) is 0 Å². The Kier molecular flexibility index (Phi) is 6.66. The molecule has 0 unspecified atom stereocenters. The van der Waals surface area contributed by atoms with Gasteiger partial charge in [-0.05, 0) is 67.8 Å². The van der Waals surface area contributed by atoms with Gasteiger partial charge in [0.1, 0.15) is 23.1 Å². The number of aromatic hydroxyl groups is 1. The quantitative estimate of drug-likeness (QED) is 0.351. The molecule has 150 valence electrons. The van der Waals surface area contributed by atoms with Crippen molar-refractivity contribution in [3.05, 3.63) is 73.9 Å². The number of phenolic OH excluding ortho intramolecular Hbond substituents is 1. The SMILES string of the molecule is O=C(O)Cc1ccc(Oc2ccc(O)c(Oc3ccc(F)c(Cl)c3)c2)c(Br)c1Br. The highest BCUT2D eigenvalue weighted by Crippen LogP contribution is 2.40.